The number of oxazole rings is 2. The standard InChI is InChI=1S/C25H25N5O3/c1-3-17-13-16(2)23(20(31)14-17)19-6-7-21-24(28-19)29-25(33-21)27-18-5-4-10-30(15-18)11-8-22-26-9-12-32-22/h1,6-7,9,12-14,18,31H,4-5,8,10-11,15H2,2H3,(H,27,28,29). The number of anilines is 1. The van der Waals surface area contributed by atoms with Crippen LogP contribution in [0.4, 0.5) is 6.01 Å². The number of piperidine rings is 1. The lowest BCUT2D eigenvalue weighted by Gasteiger charge is -2.32. The largest absolute Gasteiger partial charge is 0.507 e. The first-order chi connectivity index (χ1) is 16.1. The average Bonchev–Trinajstić information content (AvgIpc) is 3.46. The van der Waals surface area contributed by atoms with E-state index in [1.165, 1.54) is 0 Å². The SMILES string of the molecule is C#Cc1cc(C)c(-c2ccc3oc(NC4CCCN(CCc5ncco5)C4)nc3n2)c(O)c1. The van der Waals surface area contributed by atoms with Gasteiger partial charge in [-0.1, -0.05) is 5.92 Å². The van der Waals surface area contributed by atoms with Gasteiger partial charge in [0, 0.05) is 36.7 Å². The predicted octanol–water partition coefficient (Wildman–Crippen LogP) is 3.99. The lowest BCUT2D eigenvalue weighted by molar-refractivity contribution is 0.212. The number of hydrogen-bond donors (Lipinski definition) is 2. The molecule has 2 N–H and O–H groups in total. The zero-order valence-corrected chi connectivity index (χ0v) is 18.4. The summed E-state index contributed by atoms with van der Waals surface area (Å²) in [6, 6.07) is 7.76. The highest BCUT2D eigenvalue weighted by Gasteiger charge is 2.22. The van der Waals surface area contributed by atoms with E-state index in [0.29, 0.717) is 34.1 Å². The summed E-state index contributed by atoms with van der Waals surface area (Å²) in [7, 11) is 0. The van der Waals surface area contributed by atoms with Gasteiger partial charge in [0.1, 0.15) is 12.0 Å². The first kappa shape index (κ1) is 21.0. The van der Waals surface area contributed by atoms with Crippen molar-refractivity contribution in [1.82, 2.24) is 19.9 Å². The third kappa shape index (κ3) is 4.54. The topological polar surface area (TPSA) is 100 Å². The third-order valence-electron chi connectivity index (χ3n) is 5.95. The summed E-state index contributed by atoms with van der Waals surface area (Å²) in [5, 5.41) is 13.9. The maximum absolute atomic E-state index is 10.5. The maximum atomic E-state index is 10.5. The summed E-state index contributed by atoms with van der Waals surface area (Å²) in [6.45, 7) is 4.75. The number of hydrogen-bond acceptors (Lipinski definition) is 8. The van der Waals surface area contributed by atoms with Crippen LogP contribution in [0.15, 0.2) is 45.6 Å². The van der Waals surface area contributed by atoms with E-state index in [-0.39, 0.29) is 11.8 Å². The fourth-order valence-corrected chi connectivity index (χ4v) is 4.39. The summed E-state index contributed by atoms with van der Waals surface area (Å²) in [5.74, 6) is 3.42. The number of aromatic nitrogens is 3. The van der Waals surface area contributed by atoms with Crippen molar-refractivity contribution in [3.63, 3.8) is 0 Å². The quantitative estimate of drug-likeness (QED) is 0.432. The van der Waals surface area contributed by atoms with E-state index in [9.17, 15) is 5.11 Å². The van der Waals surface area contributed by atoms with E-state index in [2.05, 4.69) is 31.1 Å². The molecule has 1 aromatic carbocycles. The molecule has 1 saturated heterocycles. The molecular weight excluding hydrogens is 418 g/mol. The monoisotopic (exact) mass is 443 g/mol. The molecule has 4 aromatic rings. The Balaban J connectivity index is 1.30. The number of benzene rings is 1. The number of rotatable bonds is 6. The van der Waals surface area contributed by atoms with Crippen LogP contribution in [-0.4, -0.2) is 50.6 Å². The van der Waals surface area contributed by atoms with Gasteiger partial charge in [0.05, 0.1) is 11.9 Å². The van der Waals surface area contributed by atoms with Gasteiger partial charge in [0.15, 0.2) is 11.5 Å². The van der Waals surface area contributed by atoms with Gasteiger partial charge < -0.3 is 24.2 Å². The summed E-state index contributed by atoms with van der Waals surface area (Å²) in [6.07, 6.45) is 11.7. The van der Waals surface area contributed by atoms with Crippen molar-refractivity contribution in [2.24, 2.45) is 0 Å². The van der Waals surface area contributed by atoms with Crippen molar-refractivity contribution >= 4 is 17.2 Å². The number of likely N-dealkylation sites (tertiary alicyclic amines) is 1. The molecule has 0 saturated carbocycles. The predicted molar refractivity (Wildman–Crippen MR) is 125 cm³/mol. The first-order valence-electron chi connectivity index (χ1n) is 11.0. The van der Waals surface area contributed by atoms with E-state index in [4.69, 9.17) is 15.3 Å². The summed E-state index contributed by atoms with van der Waals surface area (Å²) >= 11 is 0. The number of nitrogens with one attached hydrogen (secondary N) is 1. The molecular formula is C25H25N5O3. The van der Waals surface area contributed by atoms with E-state index in [0.717, 1.165) is 50.4 Å². The molecule has 0 spiro atoms. The van der Waals surface area contributed by atoms with E-state index in [1.54, 1.807) is 18.5 Å². The second-order valence-corrected chi connectivity index (χ2v) is 8.33. The Morgan fingerprint density at radius 1 is 1.30 bits per heavy atom. The van der Waals surface area contributed by atoms with Crippen LogP contribution in [0.3, 0.4) is 0 Å². The number of fused-ring (bicyclic) bond motifs is 1. The van der Waals surface area contributed by atoms with Crippen LogP contribution in [0.25, 0.3) is 22.5 Å². The smallest absolute Gasteiger partial charge is 0.297 e. The molecule has 1 atom stereocenters. The average molecular weight is 444 g/mol. The number of terminal acetylenes is 1. The molecule has 0 aliphatic carbocycles. The number of nitrogens with zero attached hydrogens (tertiary/aromatic N) is 4. The van der Waals surface area contributed by atoms with Crippen LogP contribution in [0.2, 0.25) is 0 Å². The van der Waals surface area contributed by atoms with Crippen LogP contribution >= 0.6 is 0 Å². The molecule has 1 aliphatic heterocycles. The van der Waals surface area contributed by atoms with Gasteiger partial charge in [-0.25, -0.2) is 9.97 Å². The molecule has 0 radical (unpaired) electrons. The molecule has 3 aromatic heterocycles. The minimum Gasteiger partial charge on any atom is -0.507 e. The van der Waals surface area contributed by atoms with Crippen molar-refractivity contribution in [1.29, 1.82) is 0 Å². The summed E-state index contributed by atoms with van der Waals surface area (Å²) in [5.41, 5.74) is 3.83. The Hall–Kier alpha value is -3.83. The van der Waals surface area contributed by atoms with Gasteiger partial charge in [0.2, 0.25) is 5.65 Å². The highest BCUT2D eigenvalue weighted by Crippen LogP contribution is 2.33. The number of phenolic OH excluding ortho intramolecular Hbond substituents is 1. The zero-order valence-electron chi connectivity index (χ0n) is 18.4. The van der Waals surface area contributed by atoms with Crippen LogP contribution in [0.1, 0.15) is 29.9 Å². The van der Waals surface area contributed by atoms with Crippen molar-refractivity contribution < 1.29 is 13.9 Å². The number of aryl methyl sites for hydroxylation is 1. The minimum atomic E-state index is 0.101. The Kier molecular flexibility index (Phi) is 5.71. The Morgan fingerprint density at radius 3 is 3.00 bits per heavy atom. The first-order valence-corrected chi connectivity index (χ1v) is 11.0. The van der Waals surface area contributed by atoms with Crippen molar-refractivity contribution in [3.05, 3.63) is 53.7 Å². The highest BCUT2D eigenvalue weighted by molar-refractivity contribution is 5.78. The van der Waals surface area contributed by atoms with Crippen LogP contribution in [0, 0.1) is 19.3 Å². The van der Waals surface area contributed by atoms with Crippen molar-refractivity contribution in [3.8, 4) is 29.4 Å². The molecule has 1 unspecified atom stereocenters. The molecule has 8 nitrogen and oxygen atoms in total. The van der Waals surface area contributed by atoms with Gasteiger partial charge in [-0.2, -0.15) is 4.98 Å². The minimum absolute atomic E-state index is 0.101. The molecule has 0 amide bonds. The number of aromatic hydroxyl groups is 1. The molecule has 5 rings (SSSR count). The fraction of sp³-hybridized carbons (Fsp3) is 0.320. The normalized spacial score (nSPS) is 16.7. The third-order valence-corrected chi connectivity index (χ3v) is 5.95. The van der Waals surface area contributed by atoms with Crippen molar-refractivity contribution in [2.45, 2.75) is 32.2 Å². The maximum Gasteiger partial charge on any atom is 0.297 e. The lowest BCUT2D eigenvalue weighted by atomic mass is 10.0. The molecule has 33 heavy (non-hydrogen) atoms. The van der Waals surface area contributed by atoms with Gasteiger partial charge >= 0.3 is 0 Å². The Labute approximate surface area is 191 Å². The molecule has 8 heteroatoms. The van der Waals surface area contributed by atoms with Crippen molar-refractivity contribution in [2.75, 3.05) is 25.0 Å². The van der Waals surface area contributed by atoms with E-state index >= 15 is 0 Å². The molecule has 1 fully saturated rings. The molecule has 0 bridgehead atoms. The number of pyridine rings is 1. The second-order valence-electron chi connectivity index (χ2n) is 8.33. The van der Waals surface area contributed by atoms with Gasteiger partial charge in [-0.3, -0.25) is 0 Å². The van der Waals surface area contributed by atoms with Crippen LogP contribution < -0.4 is 5.32 Å². The zero-order chi connectivity index (χ0) is 22.8. The van der Waals surface area contributed by atoms with Gasteiger partial charge in [0.25, 0.3) is 6.01 Å². The lowest BCUT2D eigenvalue weighted by Crippen LogP contribution is -2.42. The molecule has 1 aliphatic rings. The van der Waals surface area contributed by atoms with E-state index < -0.39 is 0 Å². The second kappa shape index (κ2) is 8.96. The summed E-state index contributed by atoms with van der Waals surface area (Å²) in [4.78, 5) is 15.8. The highest BCUT2D eigenvalue weighted by atomic mass is 16.4. The Morgan fingerprint density at radius 2 is 2.21 bits per heavy atom. The van der Waals surface area contributed by atoms with Crippen LogP contribution in [-0.2, 0) is 6.42 Å². The van der Waals surface area contributed by atoms with Crippen LogP contribution in [0.5, 0.6) is 5.75 Å². The molecule has 168 valence electrons. The number of phenols is 1. The van der Waals surface area contributed by atoms with Gasteiger partial charge in [-0.05, 0) is 56.1 Å². The van der Waals surface area contributed by atoms with E-state index in [1.807, 2.05) is 25.1 Å². The van der Waals surface area contributed by atoms with Gasteiger partial charge in [-0.15, -0.1) is 6.42 Å². The fourth-order valence-electron chi connectivity index (χ4n) is 4.39. The molecule has 4 heterocycles. The Bertz CT molecular complexity index is 1280. The summed E-state index contributed by atoms with van der Waals surface area (Å²) < 4.78 is 11.2.